The Kier molecular flexibility index (Phi) is 3.57. The van der Waals surface area contributed by atoms with Gasteiger partial charge >= 0.3 is 0 Å². The van der Waals surface area contributed by atoms with Crippen LogP contribution in [-0.4, -0.2) is 36.5 Å². The van der Waals surface area contributed by atoms with Gasteiger partial charge in [-0.25, -0.2) is 0 Å². The smallest absolute Gasteiger partial charge is 0.0621 e. The van der Waals surface area contributed by atoms with E-state index in [2.05, 4.69) is 26.1 Å². The van der Waals surface area contributed by atoms with Crippen molar-refractivity contribution in [2.24, 2.45) is 11.3 Å². The molecule has 0 aromatic carbocycles. The highest BCUT2D eigenvalue weighted by Gasteiger charge is 2.47. The molecule has 2 aliphatic rings. The average molecular weight is 227 g/mol. The number of rotatable bonds is 3. The van der Waals surface area contributed by atoms with Gasteiger partial charge in [-0.15, -0.1) is 0 Å². The first-order valence-corrected chi connectivity index (χ1v) is 6.53. The Balaban J connectivity index is 1.81. The number of ether oxygens (including phenoxy) is 1. The fourth-order valence-corrected chi connectivity index (χ4v) is 2.85. The molecular weight excluding hydrogens is 202 g/mol. The van der Waals surface area contributed by atoms with E-state index in [0.29, 0.717) is 12.1 Å². The zero-order valence-electron chi connectivity index (χ0n) is 10.7. The van der Waals surface area contributed by atoms with Crippen LogP contribution in [0, 0.1) is 11.3 Å². The molecule has 16 heavy (non-hydrogen) atoms. The minimum Gasteiger partial charge on any atom is -0.392 e. The fraction of sp³-hybridized carbons (Fsp3) is 1.00. The van der Waals surface area contributed by atoms with Crippen molar-refractivity contribution in [3.63, 3.8) is 0 Å². The lowest BCUT2D eigenvalue weighted by Crippen LogP contribution is -2.62. The number of nitrogens with one attached hydrogen (secondary N) is 1. The Labute approximate surface area is 98.6 Å². The minimum atomic E-state index is -0.133. The van der Waals surface area contributed by atoms with E-state index < -0.39 is 0 Å². The molecule has 2 rings (SSSR count). The molecule has 1 saturated heterocycles. The first kappa shape index (κ1) is 12.3. The van der Waals surface area contributed by atoms with Crippen LogP contribution in [0.3, 0.4) is 0 Å². The molecule has 1 aliphatic carbocycles. The molecule has 0 bridgehead atoms. The van der Waals surface area contributed by atoms with Gasteiger partial charge in [-0.2, -0.15) is 0 Å². The van der Waals surface area contributed by atoms with Gasteiger partial charge in [-0.05, 0) is 32.1 Å². The van der Waals surface area contributed by atoms with Gasteiger partial charge in [0.25, 0.3) is 0 Å². The van der Waals surface area contributed by atoms with Gasteiger partial charge in [-0.1, -0.05) is 13.8 Å². The molecule has 2 fully saturated rings. The minimum absolute atomic E-state index is 0.0411. The van der Waals surface area contributed by atoms with Gasteiger partial charge in [0, 0.05) is 30.7 Å². The summed E-state index contributed by atoms with van der Waals surface area (Å²) in [5.41, 5.74) is 0.0411. The van der Waals surface area contributed by atoms with Crippen molar-refractivity contribution >= 4 is 0 Å². The highest BCUT2D eigenvalue weighted by atomic mass is 16.5. The summed E-state index contributed by atoms with van der Waals surface area (Å²) in [4.78, 5) is 0. The van der Waals surface area contributed by atoms with Crippen LogP contribution in [0.1, 0.15) is 40.0 Å². The maximum atomic E-state index is 9.71. The molecule has 1 heterocycles. The van der Waals surface area contributed by atoms with Gasteiger partial charge in [0.2, 0.25) is 0 Å². The summed E-state index contributed by atoms with van der Waals surface area (Å²) in [5, 5.41) is 13.4. The molecule has 3 unspecified atom stereocenters. The molecule has 0 aromatic heterocycles. The van der Waals surface area contributed by atoms with Crippen LogP contribution >= 0.6 is 0 Å². The third-order valence-electron chi connectivity index (χ3n) is 4.65. The van der Waals surface area contributed by atoms with E-state index in [0.717, 1.165) is 25.6 Å². The Morgan fingerprint density at radius 1 is 1.31 bits per heavy atom. The van der Waals surface area contributed by atoms with Gasteiger partial charge < -0.3 is 15.2 Å². The molecule has 0 amide bonds. The number of aliphatic hydroxyl groups excluding tert-OH is 1. The van der Waals surface area contributed by atoms with Gasteiger partial charge in [0.05, 0.1) is 6.10 Å². The van der Waals surface area contributed by atoms with Crippen molar-refractivity contribution in [3.8, 4) is 0 Å². The molecule has 3 heteroatoms. The predicted molar refractivity (Wildman–Crippen MR) is 64.3 cm³/mol. The molecular formula is C13H25NO2. The van der Waals surface area contributed by atoms with E-state index in [-0.39, 0.29) is 11.5 Å². The van der Waals surface area contributed by atoms with E-state index in [9.17, 15) is 5.11 Å². The fourth-order valence-electron chi connectivity index (χ4n) is 2.85. The van der Waals surface area contributed by atoms with Crippen molar-refractivity contribution < 1.29 is 9.84 Å². The van der Waals surface area contributed by atoms with Crippen molar-refractivity contribution in [1.29, 1.82) is 0 Å². The highest BCUT2D eigenvalue weighted by molar-refractivity contribution is 5.02. The Bertz CT molecular complexity index is 236. The predicted octanol–water partition coefficient (Wildman–Crippen LogP) is 1.55. The molecule has 1 aliphatic heterocycles. The summed E-state index contributed by atoms with van der Waals surface area (Å²) < 4.78 is 5.39. The summed E-state index contributed by atoms with van der Waals surface area (Å²) >= 11 is 0. The van der Waals surface area contributed by atoms with E-state index in [1.54, 1.807) is 0 Å². The van der Waals surface area contributed by atoms with Gasteiger partial charge in [0.15, 0.2) is 0 Å². The number of hydrogen-bond acceptors (Lipinski definition) is 3. The molecule has 94 valence electrons. The van der Waals surface area contributed by atoms with E-state index in [4.69, 9.17) is 4.74 Å². The van der Waals surface area contributed by atoms with Crippen LogP contribution in [0.4, 0.5) is 0 Å². The first-order valence-electron chi connectivity index (χ1n) is 6.53. The Hall–Kier alpha value is -0.120. The molecule has 1 saturated carbocycles. The summed E-state index contributed by atoms with van der Waals surface area (Å²) in [6, 6.07) is 1.01. The molecule has 3 atom stereocenters. The second-order valence-corrected chi connectivity index (χ2v) is 6.03. The van der Waals surface area contributed by atoms with Crippen LogP contribution in [-0.2, 0) is 4.74 Å². The summed E-state index contributed by atoms with van der Waals surface area (Å²) in [7, 11) is 0. The van der Waals surface area contributed by atoms with Gasteiger partial charge in [-0.3, -0.25) is 0 Å². The first-order chi connectivity index (χ1) is 7.51. The molecule has 0 spiro atoms. The number of aliphatic hydroxyl groups is 1. The van der Waals surface area contributed by atoms with Crippen LogP contribution in [0.15, 0.2) is 0 Å². The standard InChI is InChI=1S/C13H25NO2/c1-9(10-4-6-16-7-5-10)14-11-8-12(15)13(11,2)3/h9-12,14-15H,4-8H2,1-3H3. The SMILES string of the molecule is CC(NC1CC(O)C1(C)C)C1CCOCC1. The molecule has 0 radical (unpaired) electrons. The number of hydrogen-bond donors (Lipinski definition) is 2. The topological polar surface area (TPSA) is 41.5 Å². The quantitative estimate of drug-likeness (QED) is 0.768. The lowest BCUT2D eigenvalue weighted by atomic mass is 9.64. The summed E-state index contributed by atoms with van der Waals surface area (Å²) in [5.74, 6) is 0.738. The lowest BCUT2D eigenvalue weighted by molar-refractivity contribution is -0.0791. The van der Waals surface area contributed by atoms with Crippen LogP contribution < -0.4 is 5.32 Å². The zero-order chi connectivity index (χ0) is 11.8. The lowest BCUT2D eigenvalue weighted by Gasteiger charge is -2.51. The van der Waals surface area contributed by atoms with Crippen LogP contribution in [0.2, 0.25) is 0 Å². The van der Waals surface area contributed by atoms with Crippen LogP contribution in [0.5, 0.6) is 0 Å². The maximum absolute atomic E-state index is 9.71. The van der Waals surface area contributed by atoms with Gasteiger partial charge in [0.1, 0.15) is 0 Å². The maximum Gasteiger partial charge on any atom is 0.0621 e. The molecule has 2 N–H and O–H groups in total. The second kappa shape index (κ2) is 4.63. The van der Waals surface area contributed by atoms with Crippen molar-refractivity contribution in [2.45, 2.75) is 58.2 Å². The molecule has 0 aromatic rings. The van der Waals surface area contributed by atoms with Crippen molar-refractivity contribution in [3.05, 3.63) is 0 Å². The molecule has 3 nitrogen and oxygen atoms in total. The van der Waals surface area contributed by atoms with Crippen molar-refractivity contribution in [2.75, 3.05) is 13.2 Å². The monoisotopic (exact) mass is 227 g/mol. The largest absolute Gasteiger partial charge is 0.392 e. The summed E-state index contributed by atoms with van der Waals surface area (Å²) in [6.07, 6.45) is 3.11. The summed E-state index contributed by atoms with van der Waals surface area (Å²) in [6.45, 7) is 8.39. The zero-order valence-corrected chi connectivity index (χ0v) is 10.7. The van der Waals surface area contributed by atoms with E-state index in [1.807, 2.05) is 0 Å². The second-order valence-electron chi connectivity index (χ2n) is 6.03. The van der Waals surface area contributed by atoms with Crippen LogP contribution in [0.25, 0.3) is 0 Å². The Morgan fingerprint density at radius 2 is 1.94 bits per heavy atom. The van der Waals surface area contributed by atoms with Crippen molar-refractivity contribution in [1.82, 2.24) is 5.32 Å². The third kappa shape index (κ3) is 2.27. The third-order valence-corrected chi connectivity index (χ3v) is 4.65. The highest BCUT2D eigenvalue weighted by Crippen LogP contribution is 2.41. The Morgan fingerprint density at radius 3 is 2.44 bits per heavy atom. The normalized spacial score (nSPS) is 36.8. The average Bonchev–Trinajstić information content (AvgIpc) is 2.29. The van der Waals surface area contributed by atoms with E-state index in [1.165, 1.54) is 12.8 Å². The van der Waals surface area contributed by atoms with E-state index >= 15 is 0 Å².